The Morgan fingerprint density at radius 2 is 1.71 bits per heavy atom. The van der Waals surface area contributed by atoms with Crippen LogP contribution >= 0.6 is 0 Å². The molecule has 0 aliphatic carbocycles. The van der Waals surface area contributed by atoms with Gasteiger partial charge in [0, 0.05) is 25.7 Å². The van der Waals surface area contributed by atoms with Crippen molar-refractivity contribution < 1.29 is 19.4 Å². The van der Waals surface area contributed by atoms with Crippen LogP contribution in [0.15, 0.2) is 30.0 Å². The van der Waals surface area contributed by atoms with Gasteiger partial charge in [-0.25, -0.2) is 0 Å². The summed E-state index contributed by atoms with van der Waals surface area (Å²) in [5.74, 6) is -0.0340. The largest absolute Gasteiger partial charge is 0.496 e. The van der Waals surface area contributed by atoms with E-state index in [0.717, 1.165) is 19.3 Å². The first kappa shape index (κ1) is 22.0. The topological polar surface area (TPSA) is 70.1 Å². The van der Waals surface area contributed by atoms with Crippen LogP contribution in [-0.2, 0) is 9.59 Å². The number of hydrogen-bond donors (Lipinski definition) is 1. The number of para-hydroxylation sites is 1. The summed E-state index contributed by atoms with van der Waals surface area (Å²) in [6.07, 6.45) is 6.52. The van der Waals surface area contributed by atoms with E-state index in [1.807, 2.05) is 12.1 Å². The average Bonchev–Trinajstić information content (AvgIpc) is 2.95. The first-order chi connectivity index (χ1) is 13.6. The number of carbonyl (C=O) groups is 2. The van der Waals surface area contributed by atoms with Crippen molar-refractivity contribution in [2.24, 2.45) is 0 Å². The number of nitrogens with zero attached hydrogens (tertiary/aromatic N) is 2. The third-order valence-corrected chi connectivity index (χ3v) is 5.07. The fraction of sp³-hybridized carbons (Fsp3) is 0.545. The molecule has 2 rings (SSSR count). The number of methoxy groups -OCH3 is 1. The van der Waals surface area contributed by atoms with Gasteiger partial charge in [-0.05, 0) is 12.5 Å². The minimum Gasteiger partial charge on any atom is -0.496 e. The van der Waals surface area contributed by atoms with Gasteiger partial charge in [-0.3, -0.25) is 14.5 Å². The number of aliphatic hydroxyl groups is 1. The molecule has 0 bridgehead atoms. The molecule has 6 nitrogen and oxygen atoms in total. The number of carbonyl (C=O) groups excluding carboxylic acids is 2. The van der Waals surface area contributed by atoms with Crippen molar-refractivity contribution >= 4 is 17.4 Å². The van der Waals surface area contributed by atoms with E-state index in [-0.39, 0.29) is 25.0 Å². The molecule has 0 aromatic heterocycles. The zero-order chi connectivity index (χ0) is 20.5. The lowest BCUT2D eigenvalue weighted by atomic mass is 10.0. The van der Waals surface area contributed by atoms with Crippen molar-refractivity contribution in [3.8, 4) is 5.75 Å². The normalized spacial score (nSPS) is 14.2. The standard InChI is InChI=1S/C22H32N2O4/c1-4-5-6-7-8-11-14-24-21(26)19(17-12-9-10-13-18(17)28-3)20(22(24)27)23(2)15-16-25/h9-10,12-13,25H,4-8,11,14-16H2,1-3H3. The van der Waals surface area contributed by atoms with Crippen molar-refractivity contribution in [1.82, 2.24) is 9.80 Å². The van der Waals surface area contributed by atoms with Gasteiger partial charge < -0.3 is 14.7 Å². The van der Waals surface area contributed by atoms with Crippen LogP contribution in [0.2, 0.25) is 0 Å². The molecular formula is C22H32N2O4. The summed E-state index contributed by atoms with van der Waals surface area (Å²) in [5.41, 5.74) is 1.28. The fourth-order valence-electron chi connectivity index (χ4n) is 3.53. The lowest BCUT2D eigenvalue weighted by molar-refractivity contribution is -0.137. The van der Waals surface area contributed by atoms with E-state index in [1.54, 1.807) is 31.2 Å². The molecule has 1 aromatic carbocycles. The second-order valence-corrected chi connectivity index (χ2v) is 7.10. The summed E-state index contributed by atoms with van der Waals surface area (Å²) < 4.78 is 5.42. The Labute approximate surface area is 167 Å². The molecule has 0 saturated heterocycles. The average molecular weight is 389 g/mol. The molecule has 1 aliphatic heterocycles. The summed E-state index contributed by atoms with van der Waals surface area (Å²) >= 11 is 0. The van der Waals surface area contributed by atoms with Crippen LogP contribution < -0.4 is 4.74 Å². The van der Waals surface area contributed by atoms with Crippen LogP contribution in [0.1, 0.15) is 51.0 Å². The first-order valence-electron chi connectivity index (χ1n) is 10.1. The Balaban J connectivity index is 2.25. The van der Waals surface area contributed by atoms with Gasteiger partial charge in [-0.15, -0.1) is 0 Å². The minimum absolute atomic E-state index is 0.0991. The van der Waals surface area contributed by atoms with Crippen molar-refractivity contribution in [3.63, 3.8) is 0 Å². The molecule has 6 heteroatoms. The maximum atomic E-state index is 13.2. The predicted molar refractivity (Wildman–Crippen MR) is 110 cm³/mol. The van der Waals surface area contributed by atoms with E-state index >= 15 is 0 Å². The molecule has 0 fully saturated rings. The molecular weight excluding hydrogens is 356 g/mol. The molecule has 2 amide bonds. The monoisotopic (exact) mass is 388 g/mol. The third kappa shape index (κ3) is 4.93. The number of unbranched alkanes of at least 4 members (excludes halogenated alkanes) is 5. The molecule has 1 N–H and O–H groups in total. The van der Waals surface area contributed by atoms with Crippen molar-refractivity contribution in [2.45, 2.75) is 45.4 Å². The molecule has 0 radical (unpaired) electrons. The van der Waals surface area contributed by atoms with Crippen molar-refractivity contribution in [1.29, 1.82) is 0 Å². The minimum atomic E-state index is -0.296. The van der Waals surface area contributed by atoms with Crippen LogP contribution in [0.4, 0.5) is 0 Å². The number of likely N-dealkylation sites (N-methyl/N-ethyl adjacent to an activating group) is 1. The summed E-state index contributed by atoms with van der Waals surface area (Å²) in [5, 5.41) is 9.32. The van der Waals surface area contributed by atoms with E-state index in [4.69, 9.17) is 4.74 Å². The van der Waals surface area contributed by atoms with Gasteiger partial charge in [-0.2, -0.15) is 0 Å². The van der Waals surface area contributed by atoms with E-state index in [0.29, 0.717) is 29.1 Å². The fourth-order valence-corrected chi connectivity index (χ4v) is 3.53. The maximum Gasteiger partial charge on any atom is 0.277 e. The van der Waals surface area contributed by atoms with Gasteiger partial charge in [0.15, 0.2) is 0 Å². The molecule has 1 heterocycles. The van der Waals surface area contributed by atoms with Crippen LogP contribution in [0.25, 0.3) is 5.57 Å². The van der Waals surface area contributed by atoms with Gasteiger partial charge in [0.05, 0.1) is 19.3 Å². The van der Waals surface area contributed by atoms with Gasteiger partial charge in [-0.1, -0.05) is 57.2 Å². The lowest BCUT2D eigenvalue weighted by Gasteiger charge is -2.20. The Kier molecular flexibility index (Phi) is 8.51. The smallest absolute Gasteiger partial charge is 0.277 e. The zero-order valence-corrected chi connectivity index (χ0v) is 17.2. The highest BCUT2D eigenvalue weighted by molar-refractivity contribution is 6.36. The van der Waals surface area contributed by atoms with Crippen LogP contribution in [0, 0.1) is 0 Å². The third-order valence-electron chi connectivity index (χ3n) is 5.07. The number of amides is 2. The molecule has 0 atom stereocenters. The number of ether oxygens (including phenoxy) is 1. The van der Waals surface area contributed by atoms with Gasteiger partial charge in [0.2, 0.25) is 0 Å². The summed E-state index contributed by atoms with van der Waals surface area (Å²) in [6.45, 7) is 2.77. The van der Waals surface area contributed by atoms with Crippen LogP contribution in [-0.4, -0.2) is 60.6 Å². The molecule has 0 saturated carbocycles. The van der Waals surface area contributed by atoms with E-state index < -0.39 is 0 Å². The summed E-state index contributed by atoms with van der Waals surface area (Å²) in [7, 11) is 3.27. The molecule has 154 valence electrons. The molecule has 0 spiro atoms. The van der Waals surface area contributed by atoms with E-state index in [9.17, 15) is 14.7 Å². The van der Waals surface area contributed by atoms with Crippen LogP contribution in [0.3, 0.4) is 0 Å². The number of rotatable bonds is 12. The SMILES string of the molecule is CCCCCCCCN1C(=O)C(c2ccccc2OC)=C(N(C)CCO)C1=O. The zero-order valence-electron chi connectivity index (χ0n) is 17.2. The Hall–Kier alpha value is -2.34. The number of hydrogen-bond acceptors (Lipinski definition) is 5. The van der Waals surface area contributed by atoms with E-state index in [2.05, 4.69) is 6.92 Å². The molecule has 1 aromatic rings. The second-order valence-electron chi connectivity index (χ2n) is 7.10. The molecule has 0 unspecified atom stereocenters. The van der Waals surface area contributed by atoms with Gasteiger partial charge >= 0.3 is 0 Å². The summed E-state index contributed by atoms with van der Waals surface area (Å²) in [4.78, 5) is 29.2. The first-order valence-corrected chi connectivity index (χ1v) is 10.1. The van der Waals surface area contributed by atoms with E-state index in [1.165, 1.54) is 24.2 Å². The molecule has 1 aliphatic rings. The van der Waals surface area contributed by atoms with Crippen LogP contribution in [0.5, 0.6) is 5.75 Å². The highest BCUT2D eigenvalue weighted by atomic mass is 16.5. The van der Waals surface area contributed by atoms with Gasteiger partial charge in [0.25, 0.3) is 11.8 Å². The highest BCUT2D eigenvalue weighted by Gasteiger charge is 2.41. The quantitative estimate of drug-likeness (QED) is 0.440. The Bertz CT molecular complexity index is 714. The number of aliphatic hydroxyl groups excluding tert-OH is 1. The predicted octanol–water partition coefficient (Wildman–Crippen LogP) is 3.06. The summed E-state index contributed by atoms with van der Waals surface area (Å²) in [6, 6.07) is 7.22. The lowest BCUT2D eigenvalue weighted by Crippen LogP contribution is -2.35. The number of imide groups is 1. The molecule has 28 heavy (non-hydrogen) atoms. The highest BCUT2D eigenvalue weighted by Crippen LogP contribution is 2.35. The number of benzene rings is 1. The maximum absolute atomic E-state index is 13.2. The Morgan fingerprint density at radius 1 is 1.04 bits per heavy atom. The van der Waals surface area contributed by atoms with Gasteiger partial charge in [0.1, 0.15) is 11.4 Å². The van der Waals surface area contributed by atoms with Crippen molar-refractivity contribution in [2.75, 3.05) is 33.9 Å². The Morgan fingerprint density at radius 3 is 2.39 bits per heavy atom. The second kappa shape index (κ2) is 10.9. The van der Waals surface area contributed by atoms with Crippen molar-refractivity contribution in [3.05, 3.63) is 35.5 Å².